The number of tetrazole rings is 1. The molecule has 28 heavy (non-hydrogen) atoms. The van der Waals surface area contributed by atoms with Gasteiger partial charge in [0.1, 0.15) is 5.69 Å². The van der Waals surface area contributed by atoms with Gasteiger partial charge in [-0.15, -0.1) is 0 Å². The summed E-state index contributed by atoms with van der Waals surface area (Å²) in [5.74, 6) is -0.568. The monoisotopic (exact) mass is 382 g/mol. The van der Waals surface area contributed by atoms with Crippen LogP contribution in [0.5, 0.6) is 6.01 Å². The summed E-state index contributed by atoms with van der Waals surface area (Å²) in [6.07, 6.45) is 0. The highest BCUT2D eigenvalue weighted by Gasteiger charge is 2.18. The van der Waals surface area contributed by atoms with Crippen molar-refractivity contribution in [2.24, 2.45) is 0 Å². The highest BCUT2D eigenvalue weighted by atomic mass is 16.6. The van der Waals surface area contributed by atoms with Crippen LogP contribution in [0.25, 0.3) is 5.69 Å². The summed E-state index contributed by atoms with van der Waals surface area (Å²) in [6.45, 7) is 5.45. The van der Waals surface area contributed by atoms with Crippen LogP contribution in [0.2, 0.25) is 0 Å². The molecule has 10 heteroatoms. The molecule has 0 bridgehead atoms. The number of amides is 1. The van der Waals surface area contributed by atoms with Crippen LogP contribution in [-0.2, 0) is 4.79 Å². The Bertz CT molecular complexity index is 1020. The topological polar surface area (TPSA) is 125 Å². The van der Waals surface area contributed by atoms with Crippen molar-refractivity contribution < 1.29 is 14.5 Å². The molecule has 10 nitrogen and oxygen atoms in total. The molecule has 0 aliphatic heterocycles. The average Bonchev–Trinajstić information content (AvgIpc) is 3.07. The number of aryl methyl sites for hydroxylation is 3. The van der Waals surface area contributed by atoms with E-state index in [1.807, 2.05) is 32.9 Å². The van der Waals surface area contributed by atoms with Crippen molar-refractivity contribution in [3.05, 3.63) is 63.2 Å². The number of anilines is 1. The van der Waals surface area contributed by atoms with Gasteiger partial charge >= 0.3 is 6.01 Å². The van der Waals surface area contributed by atoms with E-state index in [2.05, 4.69) is 20.8 Å². The Labute approximate surface area is 160 Å². The summed E-state index contributed by atoms with van der Waals surface area (Å²) in [4.78, 5) is 22.6. The molecule has 0 aliphatic carbocycles. The molecule has 0 saturated heterocycles. The second-order valence-electron chi connectivity index (χ2n) is 6.23. The highest BCUT2D eigenvalue weighted by molar-refractivity contribution is 5.94. The van der Waals surface area contributed by atoms with Crippen molar-refractivity contribution in [2.75, 3.05) is 11.9 Å². The molecule has 144 valence electrons. The van der Waals surface area contributed by atoms with Crippen LogP contribution < -0.4 is 10.1 Å². The zero-order valence-electron chi connectivity index (χ0n) is 15.5. The largest absolute Gasteiger partial charge is 0.452 e. The molecule has 0 aliphatic rings. The lowest BCUT2D eigenvalue weighted by Crippen LogP contribution is -2.22. The number of nitro benzene ring substituents is 1. The number of rotatable bonds is 6. The minimum atomic E-state index is -0.569. The van der Waals surface area contributed by atoms with E-state index < -0.39 is 17.4 Å². The second-order valence-corrected chi connectivity index (χ2v) is 6.23. The number of aromatic nitrogens is 4. The molecule has 0 fully saturated rings. The van der Waals surface area contributed by atoms with Gasteiger partial charge in [-0.25, -0.2) is 0 Å². The smallest absolute Gasteiger partial charge is 0.340 e. The lowest BCUT2D eigenvalue weighted by Gasteiger charge is -2.12. The zero-order valence-corrected chi connectivity index (χ0v) is 15.5. The first-order valence-corrected chi connectivity index (χ1v) is 8.39. The lowest BCUT2D eigenvalue weighted by atomic mass is 10.1. The Kier molecular flexibility index (Phi) is 5.30. The summed E-state index contributed by atoms with van der Waals surface area (Å²) in [5, 5.41) is 24.9. The van der Waals surface area contributed by atoms with Crippen LogP contribution in [0, 0.1) is 30.9 Å². The molecule has 0 saturated carbocycles. The van der Waals surface area contributed by atoms with E-state index in [1.54, 1.807) is 6.07 Å². The Morgan fingerprint density at radius 2 is 1.89 bits per heavy atom. The molecular formula is C18H18N6O4. The first-order chi connectivity index (χ1) is 13.4. The quantitative estimate of drug-likeness (QED) is 0.513. The standard InChI is InChI=1S/C18H18N6O4/c1-11-8-12(2)17(13(3)9-11)23-18(20-21-22-23)28-10-16(25)19-14-6-4-5-7-15(14)24(26)27/h4-9H,10H2,1-3H3,(H,19,25). The lowest BCUT2D eigenvalue weighted by molar-refractivity contribution is -0.383. The number of ether oxygens (including phenoxy) is 1. The van der Waals surface area contributed by atoms with Crippen LogP contribution in [-0.4, -0.2) is 37.6 Å². The number of benzene rings is 2. The predicted molar refractivity (Wildman–Crippen MR) is 101 cm³/mol. The number of hydrogen-bond acceptors (Lipinski definition) is 7. The minimum Gasteiger partial charge on any atom is -0.452 e. The first kappa shape index (κ1) is 19.0. The van der Waals surface area contributed by atoms with E-state index >= 15 is 0 Å². The van der Waals surface area contributed by atoms with Crippen molar-refractivity contribution in [3.8, 4) is 11.7 Å². The number of para-hydroxylation sites is 2. The van der Waals surface area contributed by atoms with Crippen LogP contribution >= 0.6 is 0 Å². The summed E-state index contributed by atoms with van der Waals surface area (Å²) in [6, 6.07) is 9.90. The first-order valence-electron chi connectivity index (χ1n) is 8.39. The molecule has 1 amide bonds. The van der Waals surface area contributed by atoms with E-state index in [4.69, 9.17) is 4.74 Å². The molecule has 0 radical (unpaired) electrons. The fraction of sp³-hybridized carbons (Fsp3) is 0.222. The van der Waals surface area contributed by atoms with E-state index in [0.717, 1.165) is 22.4 Å². The zero-order chi connectivity index (χ0) is 20.3. The molecule has 0 spiro atoms. The van der Waals surface area contributed by atoms with Crippen LogP contribution in [0.1, 0.15) is 16.7 Å². The van der Waals surface area contributed by atoms with Gasteiger partial charge in [0.05, 0.1) is 10.6 Å². The van der Waals surface area contributed by atoms with Crippen LogP contribution in [0.3, 0.4) is 0 Å². The van der Waals surface area contributed by atoms with Crippen molar-refractivity contribution >= 4 is 17.3 Å². The van der Waals surface area contributed by atoms with Gasteiger partial charge in [0.25, 0.3) is 11.6 Å². The van der Waals surface area contributed by atoms with Gasteiger partial charge in [0.15, 0.2) is 6.61 Å². The van der Waals surface area contributed by atoms with E-state index in [0.29, 0.717) is 0 Å². The predicted octanol–water partition coefficient (Wildman–Crippen LogP) is 2.51. The summed E-state index contributed by atoms with van der Waals surface area (Å²) >= 11 is 0. The SMILES string of the molecule is Cc1cc(C)c(-n2nnnc2OCC(=O)Nc2ccccc2[N+](=O)[O-])c(C)c1. The summed E-state index contributed by atoms with van der Waals surface area (Å²) in [5.41, 5.74) is 3.68. The second kappa shape index (κ2) is 7.82. The third-order valence-corrected chi connectivity index (χ3v) is 4.00. The van der Waals surface area contributed by atoms with Crippen molar-refractivity contribution in [2.45, 2.75) is 20.8 Å². The number of carbonyl (C=O) groups is 1. The Morgan fingerprint density at radius 3 is 2.57 bits per heavy atom. The molecule has 1 heterocycles. The van der Waals surface area contributed by atoms with Gasteiger partial charge in [0.2, 0.25) is 0 Å². The molecule has 3 aromatic rings. The Hall–Kier alpha value is -3.82. The summed E-state index contributed by atoms with van der Waals surface area (Å²) < 4.78 is 6.87. The Balaban J connectivity index is 1.75. The van der Waals surface area contributed by atoms with Crippen LogP contribution in [0.15, 0.2) is 36.4 Å². The summed E-state index contributed by atoms with van der Waals surface area (Å²) in [7, 11) is 0. The van der Waals surface area contributed by atoms with Gasteiger partial charge in [-0.2, -0.15) is 4.68 Å². The van der Waals surface area contributed by atoms with Crippen molar-refractivity contribution in [3.63, 3.8) is 0 Å². The number of nitro groups is 1. The molecule has 3 rings (SSSR count). The van der Waals surface area contributed by atoms with E-state index in [9.17, 15) is 14.9 Å². The molecular weight excluding hydrogens is 364 g/mol. The minimum absolute atomic E-state index is 0.0489. The number of nitrogens with zero attached hydrogens (tertiary/aromatic N) is 5. The fourth-order valence-corrected chi connectivity index (χ4v) is 2.97. The average molecular weight is 382 g/mol. The third kappa shape index (κ3) is 3.95. The maximum atomic E-state index is 12.2. The Morgan fingerprint density at radius 1 is 1.21 bits per heavy atom. The number of nitrogens with one attached hydrogen (secondary N) is 1. The van der Waals surface area contributed by atoms with Gasteiger partial charge in [-0.1, -0.05) is 34.9 Å². The number of carbonyl (C=O) groups excluding carboxylic acids is 1. The third-order valence-electron chi connectivity index (χ3n) is 4.00. The molecule has 0 unspecified atom stereocenters. The van der Waals surface area contributed by atoms with Crippen LogP contribution in [0.4, 0.5) is 11.4 Å². The molecule has 2 aromatic carbocycles. The van der Waals surface area contributed by atoms with Gasteiger partial charge in [-0.05, 0) is 48.4 Å². The molecule has 1 aromatic heterocycles. The normalized spacial score (nSPS) is 10.5. The highest BCUT2D eigenvalue weighted by Crippen LogP contribution is 2.24. The fourth-order valence-electron chi connectivity index (χ4n) is 2.97. The van der Waals surface area contributed by atoms with Gasteiger partial charge < -0.3 is 10.1 Å². The van der Waals surface area contributed by atoms with Crippen molar-refractivity contribution in [1.82, 2.24) is 20.2 Å². The molecule has 1 N–H and O–H groups in total. The maximum Gasteiger partial charge on any atom is 0.340 e. The molecule has 0 atom stereocenters. The van der Waals surface area contributed by atoms with Gasteiger partial charge in [0, 0.05) is 6.07 Å². The number of hydrogen-bond donors (Lipinski definition) is 1. The van der Waals surface area contributed by atoms with Gasteiger partial charge in [-0.3, -0.25) is 14.9 Å². The van der Waals surface area contributed by atoms with E-state index in [1.165, 1.54) is 22.9 Å². The maximum absolute atomic E-state index is 12.2. The van der Waals surface area contributed by atoms with Crippen molar-refractivity contribution in [1.29, 1.82) is 0 Å². The van der Waals surface area contributed by atoms with E-state index in [-0.39, 0.29) is 17.4 Å².